The van der Waals surface area contributed by atoms with E-state index < -0.39 is 0 Å². The summed E-state index contributed by atoms with van der Waals surface area (Å²) in [5, 5.41) is 2.92. The lowest BCUT2D eigenvalue weighted by atomic mass is 10.1. The molecule has 1 saturated heterocycles. The van der Waals surface area contributed by atoms with Crippen LogP contribution < -0.4 is 5.32 Å². The van der Waals surface area contributed by atoms with Crippen molar-refractivity contribution in [3.05, 3.63) is 69.6 Å². The maximum Gasteiger partial charge on any atom is 0.266 e. The summed E-state index contributed by atoms with van der Waals surface area (Å²) in [6.07, 6.45) is 3.76. The molecular weight excluding hydrogens is 412 g/mol. The van der Waals surface area contributed by atoms with Gasteiger partial charge in [-0.2, -0.15) is 0 Å². The van der Waals surface area contributed by atoms with Crippen LogP contribution in [0.15, 0.2) is 47.4 Å². The Hall–Kier alpha value is -2.44. The monoisotopic (exact) mass is 438 g/mol. The number of amides is 2. The molecule has 1 N–H and O–H groups in total. The lowest BCUT2D eigenvalue weighted by molar-refractivity contribution is -0.122. The van der Waals surface area contributed by atoms with Gasteiger partial charge in [-0.05, 0) is 67.2 Å². The van der Waals surface area contributed by atoms with E-state index in [4.69, 9.17) is 12.2 Å². The van der Waals surface area contributed by atoms with Gasteiger partial charge in [0.25, 0.3) is 5.91 Å². The summed E-state index contributed by atoms with van der Waals surface area (Å²) in [6, 6.07) is 14.0. The molecule has 1 aliphatic rings. The molecule has 1 aliphatic heterocycles. The molecule has 0 radical (unpaired) electrons. The fourth-order valence-electron chi connectivity index (χ4n) is 3.13. The van der Waals surface area contributed by atoms with E-state index in [2.05, 4.69) is 24.4 Å². The summed E-state index contributed by atoms with van der Waals surface area (Å²) in [4.78, 5) is 27.2. The highest BCUT2D eigenvalue weighted by Gasteiger charge is 2.31. The average Bonchev–Trinajstić information content (AvgIpc) is 2.98. The number of carbonyl (C=O) groups is 2. The molecule has 4 nitrogen and oxygen atoms in total. The van der Waals surface area contributed by atoms with Gasteiger partial charge in [0.1, 0.15) is 4.32 Å². The minimum absolute atomic E-state index is 0.0600. The molecule has 1 heterocycles. The second-order valence-corrected chi connectivity index (χ2v) is 9.06. The quantitative estimate of drug-likeness (QED) is 0.459. The summed E-state index contributed by atoms with van der Waals surface area (Å²) >= 11 is 6.71. The molecule has 1 fully saturated rings. The van der Waals surface area contributed by atoms with Crippen molar-refractivity contribution in [2.75, 3.05) is 11.9 Å². The summed E-state index contributed by atoms with van der Waals surface area (Å²) < 4.78 is 0.547. The molecule has 0 atom stereocenters. The van der Waals surface area contributed by atoms with Gasteiger partial charge in [-0.1, -0.05) is 61.2 Å². The summed E-state index contributed by atoms with van der Waals surface area (Å²) in [5.74, 6) is -0.144. The van der Waals surface area contributed by atoms with Gasteiger partial charge in [0, 0.05) is 18.7 Å². The number of thiocarbonyl (C=S) groups is 1. The Bertz CT molecular complexity index is 997. The normalized spacial score (nSPS) is 15.2. The number of nitrogens with one attached hydrogen (secondary N) is 1. The van der Waals surface area contributed by atoms with Crippen molar-refractivity contribution in [3.8, 4) is 0 Å². The first kappa shape index (κ1) is 22.2. The molecule has 0 saturated carbocycles. The number of nitrogens with zero attached hydrogens (tertiary/aromatic N) is 1. The Kier molecular flexibility index (Phi) is 7.45. The van der Waals surface area contributed by atoms with Crippen LogP contribution in [0, 0.1) is 13.8 Å². The zero-order chi connectivity index (χ0) is 21.7. The summed E-state index contributed by atoms with van der Waals surface area (Å²) in [5.41, 5.74) is 5.38. The van der Waals surface area contributed by atoms with Crippen molar-refractivity contribution >= 4 is 51.9 Å². The van der Waals surface area contributed by atoms with E-state index in [0.717, 1.165) is 23.2 Å². The van der Waals surface area contributed by atoms with E-state index in [9.17, 15) is 9.59 Å². The van der Waals surface area contributed by atoms with Crippen molar-refractivity contribution in [2.45, 2.75) is 40.0 Å². The third kappa shape index (κ3) is 5.58. The maximum absolute atomic E-state index is 12.7. The number of rotatable bonds is 7. The van der Waals surface area contributed by atoms with Crippen molar-refractivity contribution in [1.29, 1.82) is 0 Å². The van der Waals surface area contributed by atoms with Crippen LogP contribution in [-0.2, 0) is 16.0 Å². The molecule has 0 unspecified atom stereocenters. The molecule has 0 aromatic heterocycles. The predicted molar refractivity (Wildman–Crippen MR) is 129 cm³/mol. The fourth-order valence-corrected chi connectivity index (χ4v) is 4.44. The number of benzene rings is 2. The van der Waals surface area contributed by atoms with Crippen LogP contribution in [0.4, 0.5) is 5.69 Å². The van der Waals surface area contributed by atoms with Gasteiger partial charge >= 0.3 is 0 Å². The summed E-state index contributed by atoms with van der Waals surface area (Å²) in [6.45, 7) is 6.61. The van der Waals surface area contributed by atoms with Crippen molar-refractivity contribution < 1.29 is 9.59 Å². The molecule has 156 valence electrons. The van der Waals surface area contributed by atoms with Gasteiger partial charge in [0.15, 0.2) is 0 Å². The second kappa shape index (κ2) is 10.0. The van der Waals surface area contributed by atoms with Crippen molar-refractivity contribution in [2.24, 2.45) is 0 Å². The van der Waals surface area contributed by atoms with Gasteiger partial charge < -0.3 is 5.32 Å². The van der Waals surface area contributed by atoms with Crippen LogP contribution in [0.2, 0.25) is 0 Å². The molecule has 2 aromatic carbocycles. The van der Waals surface area contributed by atoms with Crippen molar-refractivity contribution in [1.82, 2.24) is 4.90 Å². The lowest BCUT2D eigenvalue weighted by Gasteiger charge is -2.14. The average molecular weight is 439 g/mol. The molecule has 0 spiro atoms. The Morgan fingerprint density at radius 1 is 1.13 bits per heavy atom. The molecule has 2 aromatic rings. The van der Waals surface area contributed by atoms with E-state index in [0.29, 0.717) is 28.6 Å². The van der Waals surface area contributed by atoms with E-state index in [1.165, 1.54) is 22.9 Å². The third-order valence-corrected chi connectivity index (χ3v) is 6.51. The molecular formula is C24H26N2O2S2. The van der Waals surface area contributed by atoms with Crippen LogP contribution in [0.5, 0.6) is 0 Å². The Labute approximate surface area is 187 Å². The highest BCUT2D eigenvalue weighted by atomic mass is 32.2. The zero-order valence-corrected chi connectivity index (χ0v) is 19.2. The first-order chi connectivity index (χ1) is 14.4. The van der Waals surface area contributed by atoms with Crippen molar-refractivity contribution in [3.63, 3.8) is 0 Å². The molecule has 2 amide bonds. The largest absolute Gasteiger partial charge is 0.326 e. The first-order valence-corrected chi connectivity index (χ1v) is 11.3. The third-order valence-electron chi connectivity index (χ3n) is 5.14. The van der Waals surface area contributed by atoms with Crippen LogP contribution in [0.3, 0.4) is 0 Å². The smallest absolute Gasteiger partial charge is 0.266 e. The number of aryl methyl sites for hydroxylation is 3. The van der Waals surface area contributed by atoms with Gasteiger partial charge in [-0.3, -0.25) is 14.5 Å². The number of hydrogen-bond donors (Lipinski definition) is 1. The van der Waals surface area contributed by atoms with E-state index in [1.807, 2.05) is 50.3 Å². The molecule has 30 heavy (non-hydrogen) atoms. The second-order valence-electron chi connectivity index (χ2n) is 7.38. The van der Waals surface area contributed by atoms with Gasteiger partial charge in [0.2, 0.25) is 5.91 Å². The number of anilines is 1. The first-order valence-electron chi connectivity index (χ1n) is 10.1. The predicted octanol–water partition coefficient (Wildman–Crippen LogP) is 5.49. The van der Waals surface area contributed by atoms with Crippen LogP contribution in [0.1, 0.15) is 42.0 Å². The van der Waals surface area contributed by atoms with Gasteiger partial charge in [0.05, 0.1) is 4.91 Å². The Morgan fingerprint density at radius 3 is 2.53 bits per heavy atom. The Morgan fingerprint density at radius 2 is 1.87 bits per heavy atom. The number of thioether (sulfide) groups is 1. The molecule has 0 aliphatic carbocycles. The van der Waals surface area contributed by atoms with Gasteiger partial charge in [-0.25, -0.2) is 0 Å². The van der Waals surface area contributed by atoms with Crippen LogP contribution in [-0.4, -0.2) is 27.6 Å². The fraction of sp³-hybridized carbons (Fsp3) is 0.292. The SMILES string of the molecule is CCc1ccc(/C=C2\SC(=S)N(CCCC(=O)Nc3ccc(C)c(C)c3)C2=O)cc1. The highest BCUT2D eigenvalue weighted by Crippen LogP contribution is 2.32. The van der Waals surface area contributed by atoms with Crippen LogP contribution >= 0.6 is 24.0 Å². The minimum Gasteiger partial charge on any atom is -0.326 e. The van der Waals surface area contributed by atoms with E-state index >= 15 is 0 Å². The van der Waals surface area contributed by atoms with E-state index in [1.54, 1.807) is 4.90 Å². The molecule has 0 bridgehead atoms. The van der Waals surface area contributed by atoms with E-state index in [-0.39, 0.29) is 11.8 Å². The Balaban J connectivity index is 1.53. The number of carbonyl (C=O) groups excluding carboxylic acids is 2. The zero-order valence-electron chi connectivity index (χ0n) is 17.5. The lowest BCUT2D eigenvalue weighted by Crippen LogP contribution is -2.29. The van der Waals surface area contributed by atoms with Gasteiger partial charge in [-0.15, -0.1) is 0 Å². The van der Waals surface area contributed by atoms with Crippen LogP contribution in [0.25, 0.3) is 6.08 Å². The maximum atomic E-state index is 12.7. The topological polar surface area (TPSA) is 49.4 Å². The number of hydrogen-bond acceptors (Lipinski definition) is 4. The standard InChI is InChI=1S/C24H26N2O2S2/c1-4-18-8-10-19(11-9-18)15-21-23(28)26(24(29)30-21)13-5-6-22(27)25-20-12-7-16(2)17(3)14-20/h7-12,14-15H,4-6,13H2,1-3H3,(H,25,27)/b21-15-. The molecule has 6 heteroatoms. The molecule has 3 rings (SSSR count). The minimum atomic E-state index is -0.0841. The summed E-state index contributed by atoms with van der Waals surface area (Å²) in [7, 11) is 0. The highest BCUT2D eigenvalue weighted by molar-refractivity contribution is 8.26.